The summed E-state index contributed by atoms with van der Waals surface area (Å²) in [5.41, 5.74) is 2.76. The van der Waals surface area contributed by atoms with Crippen LogP contribution in [-0.2, 0) is 28.7 Å². The molecule has 0 spiro atoms. The number of piperazine rings is 2. The molecule has 2 saturated heterocycles. The van der Waals surface area contributed by atoms with E-state index in [1.807, 2.05) is 52.0 Å². The van der Waals surface area contributed by atoms with Gasteiger partial charge in [-0.15, -0.1) is 0 Å². The van der Waals surface area contributed by atoms with E-state index in [1.54, 1.807) is 64.6 Å². The monoisotopic (exact) mass is 1050 g/mol. The number of carbonyl (C=O) groups is 6. The number of likely N-dealkylation sites (N-methyl/N-ethyl adjacent to an activating group) is 2. The fourth-order valence-electron chi connectivity index (χ4n) is 9.31. The molecule has 2 fully saturated rings. The van der Waals surface area contributed by atoms with Crippen molar-refractivity contribution in [2.45, 2.75) is 61.4 Å². The van der Waals surface area contributed by atoms with E-state index in [0.717, 1.165) is 22.9 Å². The number of amides is 6. The Kier molecular flexibility index (Phi) is 18.2. The third-order valence-corrected chi connectivity index (χ3v) is 14.2. The molecule has 0 radical (unpaired) electrons. The number of carbonyl (C=O) groups excluding carboxylic acids is 6. The molecule has 0 N–H and O–H groups in total. The van der Waals surface area contributed by atoms with E-state index in [9.17, 15) is 49.0 Å². The van der Waals surface area contributed by atoms with Gasteiger partial charge in [0.1, 0.15) is 12.1 Å². The lowest BCUT2D eigenvalue weighted by molar-refractivity contribution is -0.387. The number of ether oxygens (including phenoxy) is 2. The molecule has 4 aromatic rings. The minimum absolute atomic E-state index is 0.0192. The number of methoxy groups -OCH3 is 2. The topological polar surface area (TPSA) is 227 Å². The van der Waals surface area contributed by atoms with Gasteiger partial charge in [-0.2, -0.15) is 0 Å². The Labute approximate surface area is 439 Å². The summed E-state index contributed by atoms with van der Waals surface area (Å²) in [6, 6.07) is 18.5. The Balaban J connectivity index is 1.47. The van der Waals surface area contributed by atoms with Gasteiger partial charge in [0, 0.05) is 66.5 Å². The molecular formula is C54H62N8O12S. The molecule has 4 aromatic carbocycles. The van der Waals surface area contributed by atoms with Gasteiger partial charge in [-0.3, -0.25) is 49.2 Å². The SMILES string of the molecule is COC(=O)N1CCN(C(=O)C=Cc2ccc(Sc3ccc(C=CC(=O)N4CCN(C(=O)OC)C(C(=O)N(C)C)C4)c(-c4ccccc4C(C)C)c3[N+](=O)[O-])c([N+](=O)[O-])c2-c2ccccc2C(C)C)CC1C(=O)N(C)C. The molecule has 0 aromatic heterocycles. The van der Waals surface area contributed by atoms with Gasteiger partial charge in [0.15, 0.2) is 0 Å². The van der Waals surface area contributed by atoms with Gasteiger partial charge >= 0.3 is 12.2 Å². The first-order valence-electron chi connectivity index (χ1n) is 24.2. The minimum Gasteiger partial charge on any atom is -0.453 e. The van der Waals surface area contributed by atoms with Crippen LogP contribution in [0, 0.1) is 20.2 Å². The van der Waals surface area contributed by atoms with E-state index < -0.39 is 57.7 Å². The van der Waals surface area contributed by atoms with Crippen molar-refractivity contribution in [3.63, 3.8) is 0 Å². The van der Waals surface area contributed by atoms with Crippen molar-refractivity contribution in [3.8, 4) is 22.3 Å². The number of benzene rings is 4. The van der Waals surface area contributed by atoms with Crippen LogP contribution in [0.3, 0.4) is 0 Å². The first kappa shape index (κ1) is 56.2. The van der Waals surface area contributed by atoms with Crippen molar-refractivity contribution in [2.75, 3.05) is 81.7 Å². The maximum absolute atomic E-state index is 13.9. The number of hydrogen-bond acceptors (Lipinski definition) is 13. The molecule has 6 rings (SSSR count). The maximum atomic E-state index is 13.9. The first-order chi connectivity index (χ1) is 35.6. The molecule has 2 aliphatic heterocycles. The molecule has 75 heavy (non-hydrogen) atoms. The molecular weight excluding hydrogens is 985 g/mol. The molecule has 2 heterocycles. The van der Waals surface area contributed by atoms with Gasteiger partial charge in [0.2, 0.25) is 23.6 Å². The average Bonchev–Trinajstić information content (AvgIpc) is 3.40. The molecule has 0 bridgehead atoms. The van der Waals surface area contributed by atoms with E-state index in [1.165, 1.54) is 80.1 Å². The number of rotatable bonds is 14. The summed E-state index contributed by atoms with van der Waals surface area (Å²) < 4.78 is 9.81. The largest absolute Gasteiger partial charge is 0.453 e. The zero-order chi connectivity index (χ0) is 55.0. The van der Waals surface area contributed by atoms with E-state index in [2.05, 4.69) is 0 Å². The van der Waals surface area contributed by atoms with Crippen LogP contribution in [0.2, 0.25) is 0 Å². The standard InChI is InChI=1S/C54H62N8O12S/c1-33(2)37-15-11-13-17-39(37)47-35(21-25-45(63)57-27-29-59(53(67)73-9)41(31-57)51(65)55(5)6)19-23-43(49(47)61(69)70)75-44-24-20-36(48(50(44)62(71)72)40-18-14-12-16-38(40)34(3)4)22-26-46(64)58-28-30-60(54(68)74-10)42(32-58)52(66)56(7)8/h11-26,33-34,41-42H,27-32H2,1-10H3. The van der Waals surface area contributed by atoms with Crippen molar-refractivity contribution in [2.24, 2.45) is 0 Å². The van der Waals surface area contributed by atoms with Crippen LogP contribution in [0.15, 0.2) is 94.7 Å². The van der Waals surface area contributed by atoms with Gasteiger partial charge in [0.25, 0.3) is 11.4 Å². The molecule has 20 nitrogen and oxygen atoms in total. The molecule has 0 saturated carbocycles. The highest BCUT2D eigenvalue weighted by molar-refractivity contribution is 7.99. The highest BCUT2D eigenvalue weighted by Gasteiger charge is 2.40. The highest BCUT2D eigenvalue weighted by atomic mass is 32.2. The van der Waals surface area contributed by atoms with E-state index in [0.29, 0.717) is 22.3 Å². The van der Waals surface area contributed by atoms with Crippen molar-refractivity contribution >= 4 is 71.1 Å². The number of nitro benzene ring substituents is 2. The normalized spacial score (nSPS) is 15.9. The lowest BCUT2D eigenvalue weighted by Gasteiger charge is -2.40. The summed E-state index contributed by atoms with van der Waals surface area (Å²) >= 11 is 0.836. The highest BCUT2D eigenvalue weighted by Crippen LogP contribution is 2.50. The molecule has 0 aliphatic carbocycles. The van der Waals surface area contributed by atoms with Crippen molar-refractivity contribution < 1.29 is 48.1 Å². The van der Waals surface area contributed by atoms with E-state index in [-0.39, 0.29) is 83.4 Å². The number of hydrogen-bond donors (Lipinski definition) is 0. The Hall–Kier alpha value is -8.07. The maximum Gasteiger partial charge on any atom is 0.410 e. The molecule has 6 amide bonds. The predicted octanol–water partition coefficient (Wildman–Crippen LogP) is 8.00. The second-order valence-corrected chi connectivity index (χ2v) is 20.0. The quantitative estimate of drug-likeness (QED) is 0.0664. The summed E-state index contributed by atoms with van der Waals surface area (Å²) in [5.74, 6) is -2.06. The van der Waals surface area contributed by atoms with Crippen LogP contribution in [0.5, 0.6) is 0 Å². The summed E-state index contributed by atoms with van der Waals surface area (Å²) in [6.45, 7) is 7.72. The van der Waals surface area contributed by atoms with Crippen LogP contribution in [0.1, 0.15) is 61.8 Å². The van der Waals surface area contributed by atoms with Crippen LogP contribution < -0.4 is 0 Å². The summed E-state index contributed by atoms with van der Waals surface area (Å²) in [4.78, 5) is 114. The van der Waals surface area contributed by atoms with E-state index >= 15 is 0 Å². The molecule has 2 aliphatic rings. The Morgan fingerprint density at radius 1 is 0.587 bits per heavy atom. The summed E-state index contributed by atoms with van der Waals surface area (Å²) in [6.07, 6.45) is 4.05. The van der Waals surface area contributed by atoms with Gasteiger partial charge in [-0.1, -0.05) is 100 Å². The second-order valence-electron chi connectivity index (χ2n) is 18.9. The third kappa shape index (κ3) is 12.3. The predicted molar refractivity (Wildman–Crippen MR) is 284 cm³/mol. The number of nitro groups is 2. The summed E-state index contributed by atoms with van der Waals surface area (Å²) in [5, 5.41) is 27.2. The number of nitrogens with zero attached hydrogens (tertiary/aromatic N) is 8. The van der Waals surface area contributed by atoms with Crippen LogP contribution in [0.25, 0.3) is 34.4 Å². The van der Waals surface area contributed by atoms with Crippen molar-refractivity contribution in [1.29, 1.82) is 0 Å². The molecule has 21 heteroatoms. The van der Waals surface area contributed by atoms with Gasteiger partial charge in [-0.25, -0.2) is 9.59 Å². The zero-order valence-corrected chi connectivity index (χ0v) is 44.5. The van der Waals surface area contributed by atoms with Crippen LogP contribution in [0.4, 0.5) is 21.0 Å². The van der Waals surface area contributed by atoms with Gasteiger partial charge in [-0.05, 0) is 69.5 Å². The minimum atomic E-state index is -1.02. The van der Waals surface area contributed by atoms with Crippen molar-refractivity contribution in [3.05, 3.63) is 127 Å². The first-order valence-corrected chi connectivity index (χ1v) is 25.0. The molecule has 2 unspecified atom stereocenters. The Morgan fingerprint density at radius 3 is 1.27 bits per heavy atom. The lowest BCUT2D eigenvalue weighted by Crippen LogP contribution is -2.61. The zero-order valence-electron chi connectivity index (χ0n) is 43.7. The van der Waals surface area contributed by atoms with Crippen molar-refractivity contribution in [1.82, 2.24) is 29.4 Å². The smallest absolute Gasteiger partial charge is 0.410 e. The molecule has 2 atom stereocenters. The van der Waals surface area contributed by atoms with Gasteiger partial charge in [0.05, 0.1) is 58.1 Å². The summed E-state index contributed by atoms with van der Waals surface area (Å²) in [7, 11) is 8.57. The fourth-order valence-corrected chi connectivity index (χ4v) is 10.4. The Morgan fingerprint density at radius 2 is 0.947 bits per heavy atom. The fraction of sp³-hybridized carbons (Fsp3) is 0.370. The third-order valence-electron chi connectivity index (χ3n) is 13.1. The lowest BCUT2D eigenvalue weighted by atomic mass is 9.89. The second kappa shape index (κ2) is 24.3. The molecule has 396 valence electrons. The van der Waals surface area contributed by atoms with E-state index in [4.69, 9.17) is 9.47 Å². The Bertz CT molecular complexity index is 2760. The van der Waals surface area contributed by atoms with Gasteiger partial charge < -0.3 is 29.1 Å². The van der Waals surface area contributed by atoms with Crippen LogP contribution >= 0.6 is 11.8 Å². The van der Waals surface area contributed by atoms with Crippen LogP contribution in [-0.4, -0.2) is 169 Å². The average molecular weight is 1050 g/mol.